The van der Waals surface area contributed by atoms with Crippen molar-refractivity contribution < 1.29 is 13.9 Å². The Hall–Kier alpha value is -2.02. The summed E-state index contributed by atoms with van der Waals surface area (Å²) in [5.41, 5.74) is 0.593. The molecule has 1 unspecified atom stereocenters. The van der Waals surface area contributed by atoms with Crippen LogP contribution >= 0.6 is 11.6 Å². The Bertz CT molecular complexity index is 629. The van der Waals surface area contributed by atoms with Crippen molar-refractivity contribution in [2.24, 2.45) is 5.92 Å². The maximum absolute atomic E-state index is 12.2. The molecule has 2 N–H and O–H groups in total. The lowest BCUT2D eigenvalue weighted by Gasteiger charge is -2.14. The van der Waals surface area contributed by atoms with Crippen LogP contribution in [0.4, 0.5) is 4.39 Å². The zero-order valence-electron chi connectivity index (χ0n) is 13.8. The van der Waals surface area contributed by atoms with Gasteiger partial charge in [0.2, 0.25) is 0 Å². The van der Waals surface area contributed by atoms with Gasteiger partial charge in [-0.15, -0.1) is 0 Å². The Morgan fingerprint density at radius 2 is 2.20 bits per heavy atom. The summed E-state index contributed by atoms with van der Waals surface area (Å²) in [6, 6.07) is 9.63. The topological polar surface area (TPSA) is 63.2 Å². The van der Waals surface area contributed by atoms with Gasteiger partial charge in [0.1, 0.15) is 5.82 Å². The lowest BCUT2D eigenvalue weighted by Crippen LogP contribution is -2.35. The molecule has 0 saturated carbocycles. The van der Waals surface area contributed by atoms with Crippen molar-refractivity contribution in [2.75, 3.05) is 32.8 Å². The van der Waals surface area contributed by atoms with E-state index in [1.54, 1.807) is 36.7 Å². The van der Waals surface area contributed by atoms with Crippen molar-refractivity contribution in [2.45, 2.75) is 0 Å². The monoisotopic (exact) mass is 365 g/mol. The number of nitrogens with one attached hydrogen (secondary N) is 2. The summed E-state index contributed by atoms with van der Waals surface area (Å²) < 4.78 is 17.6. The maximum atomic E-state index is 12.2. The fraction of sp³-hybridized carbons (Fsp3) is 0.333. The van der Waals surface area contributed by atoms with Gasteiger partial charge in [0, 0.05) is 37.9 Å². The molecule has 1 saturated heterocycles. The van der Waals surface area contributed by atoms with Crippen LogP contribution in [0.25, 0.3) is 0 Å². The van der Waals surface area contributed by atoms with E-state index in [0.717, 1.165) is 19.7 Å². The number of pyridine rings is 1. The minimum absolute atomic E-state index is 0.0812. The van der Waals surface area contributed by atoms with E-state index in [1.807, 2.05) is 0 Å². The number of amides is 1. The average Bonchev–Trinajstić information content (AvgIpc) is 2.92. The number of halogens is 2. The molecule has 1 aromatic carbocycles. The van der Waals surface area contributed by atoms with Crippen LogP contribution in [0.15, 0.2) is 48.8 Å². The van der Waals surface area contributed by atoms with E-state index < -0.39 is 0 Å². The first-order valence-electron chi connectivity index (χ1n) is 8.03. The van der Waals surface area contributed by atoms with Crippen LogP contribution in [0.5, 0.6) is 0 Å². The van der Waals surface area contributed by atoms with E-state index in [2.05, 4.69) is 15.6 Å². The summed E-state index contributed by atoms with van der Waals surface area (Å²) in [7, 11) is 0. The zero-order chi connectivity index (χ0) is 17.9. The van der Waals surface area contributed by atoms with E-state index >= 15 is 0 Å². The number of aromatic nitrogens is 1. The standard InChI is InChI=1S/C12H17N3O2.C6H4ClF/c16-12(11-2-1-3-13-8-11)15-7-10-6-14-4-5-17-9-10;7-5-3-1-2-4-6(5)8/h1-3,8,10,14H,4-7,9H2,(H,15,16);1-4H. The molecule has 0 bridgehead atoms. The number of carbonyl (C=O) groups excluding carboxylic acids is 1. The molecule has 2 aromatic rings. The molecular weight excluding hydrogens is 345 g/mol. The molecular formula is C18H21ClFN3O2. The molecule has 1 fully saturated rings. The Labute approximate surface area is 151 Å². The Morgan fingerprint density at radius 1 is 1.36 bits per heavy atom. The Morgan fingerprint density at radius 3 is 2.88 bits per heavy atom. The van der Waals surface area contributed by atoms with E-state index in [-0.39, 0.29) is 16.7 Å². The molecule has 5 nitrogen and oxygen atoms in total. The van der Waals surface area contributed by atoms with Gasteiger partial charge in [-0.05, 0) is 24.3 Å². The largest absolute Gasteiger partial charge is 0.380 e. The predicted molar refractivity (Wildman–Crippen MR) is 95.2 cm³/mol. The highest BCUT2D eigenvalue weighted by Crippen LogP contribution is 2.11. The maximum Gasteiger partial charge on any atom is 0.252 e. The first kappa shape index (κ1) is 19.3. The third kappa shape index (κ3) is 7.17. The SMILES string of the molecule is Fc1ccccc1Cl.O=C(NCC1CNCCOC1)c1cccnc1. The first-order chi connectivity index (χ1) is 12.2. The van der Waals surface area contributed by atoms with Crippen molar-refractivity contribution >= 4 is 17.5 Å². The number of carbonyl (C=O) groups is 1. The molecule has 25 heavy (non-hydrogen) atoms. The van der Waals surface area contributed by atoms with Crippen molar-refractivity contribution in [3.63, 3.8) is 0 Å². The summed E-state index contributed by atoms with van der Waals surface area (Å²) in [6.45, 7) is 3.83. The third-order valence-corrected chi connectivity index (χ3v) is 3.82. The second-order valence-electron chi connectivity index (χ2n) is 5.51. The molecule has 0 spiro atoms. The van der Waals surface area contributed by atoms with Crippen molar-refractivity contribution in [1.82, 2.24) is 15.6 Å². The normalized spacial score (nSPS) is 17.0. The summed E-state index contributed by atoms with van der Waals surface area (Å²) >= 11 is 5.33. The predicted octanol–water partition coefficient (Wildman–Crippen LogP) is 2.53. The zero-order valence-corrected chi connectivity index (χ0v) is 14.5. The minimum Gasteiger partial charge on any atom is -0.380 e. The van der Waals surface area contributed by atoms with Gasteiger partial charge in [-0.3, -0.25) is 9.78 Å². The van der Waals surface area contributed by atoms with E-state index in [0.29, 0.717) is 24.6 Å². The highest BCUT2D eigenvalue weighted by molar-refractivity contribution is 6.30. The van der Waals surface area contributed by atoms with Gasteiger partial charge < -0.3 is 15.4 Å². The smallest absolute Gasteiger partial charge is 0.252 e. The first-order valence-corrected chi connectivity index (χ1v) is 8.41. The van der Waals surface area contributed by atoms with Crippen LogP contribution in [-0.2, 0) is 4.74 Å². The molecule has 134 valence electrons. The van der Waals surface area contributed by atoms with Crippen molar-refractivity contribution in [3.8, 4) is 0 Å². The summed E-state index contributed by atoms with van der Waals surface area (Å²) in [4.78, 5) is 15.7. The molecule has 1 amide bonds. The van der Waals surface area contributed by atoms with Crippen LogP contribution in [0.1, 0.15) is 10.4 Å². The minimum atomic E-state index is -0.367. The molecule has 3 rings (SSSR count). The molecule has 7 heteroatoms. The fourth-order valence-electron chi connectivity index (χ4n) is 2.17. The summed E-state index contributed by atoms with van der Waals surface area (Å²) in [5, 5.41) is 6.34. The van der Waals surface area contributed by atoms with Gasteiger partial charge in [0.25, 0.3) is 5.91 Å². The van der Waals surface area contributed by atoms with E-state index in [9.17, 15) is 9.18 Å². The molecule has 1 atom stereocenters. The molecule has 0 radical (unpaired) electrons. The molecule has 2 heterocycles. The van der Waals surface area contributed by atoms with Crippen LogP contribution < -0.4 is 10.6 Å². The number of ether oxygens (including phenoxy) is 1. The number of rotatable bonds is 3. The van der Waals surface area contributed by atoms with Gasteiger partial charge in [-0.25, -0.2) is 4.39 Å². The second kappa shape index (κ2) is 10.8. The molecule has 1 aliphatic heterocycles. The summed E-state index contributed by atoms with van der Waals surface area (Å²) in [5.74, 6) is -0.116. The third-order valence-electron chi connectivity index (χ3n) is 3.51. The van der Waals surface area contributed by atoms with Gasteiger partial charge >= 0.3 is 0 Å². The van der Waals surface area contributed by atoms with E-state index in [1.165, 1.54) is 12.1 Å². The lowest BCUT2D eigenvalue weighted by atomic mass is 10.1. The van der Waals surface area contributed by atoms with Crippen LogP contribution in [-0.4, -0.2) is 43.7 Å². The van der Waals surface area contributed by atoms with Crippen LogP contribution in [0.2, 0.25) is 5.02 Å². The average molecular weight is 366 g/mol. The number of hydrogen-bond acceptors (Lipinski definition) is 4. The number of nitrogens with zero attached hydrogens (tertiary/aromatic N) is 1. The lowest BCUT2D eigenvalue weighted by molar-refractivity contribution is 0.0921. The van der Waals surface area contributed by atoms with Crippen LogP contribution in [0, 0.1) is 11.7 Å². The molecule has 0 aliphatic carbocycles. The fourth-order valence-corrected chi connectivity index (χ4v) is 2.30. The highest BCUT2D eigenvalue weighted by atomic mass is 35.5. The molecule has 1 aliphatic rings. The Kier molecular flexibility index (Phi) is 8.31. The van der Waals surface area contributed by atoms with Crippen molar-refractivity contribution in [3.05, 3.63) is 65.2 Å². The quantitative estimate of drug-likeness (QED) is 0.877. The summed E-state index contributed by atoms with van der Waals surface area (Å²) in [6.07, 6.45) is 3.22. The molecule has 1 aromatic heterocycles. The highest BCUT2D eigenvalue weighted by Gasteiger charge is 2.13. The van der Waals surface area contributed by atoms with Gasteiger partial charge in [-0.1, -0.05) is 23.7 Å². The van der Waals surface area contributed by atoms with Gasteiger partial charge in [-0.2, -0.15) is 0 Å². The van der Waals surface area contributed by atoms with Crippen LogP contribution in [0.3, 0.4) is 0 Å². The second-order valence-corrected chi connectivity index (χ2v) is 5.92. The van der Waals surface area contributed by atoms with Gasteiger partial charge in [0.15, 0.2) is 0 Å². The Balaban J connectivity index is 0.000000236. The number of benzene rings is 1. The van der Waals surface area contributed by atoms with Gasteiger partial charge in [0.05, 0.1) is 23.8 Å². The van der Waals surface area contributed by atoms with Crippen molar-refractivity contribution in [1.29, 1.82) is 0 Å². The number of hydrogen-bond donors (Lipinski definition) is 2. The van der Waals surface area contributed by atoms with E-state index in [4.69, 9.17) is 16.3 Å².